The van der Waals surface area contributed by atoms with Gasteiger partial charge in [-0.1, -0.05) is 66.7 Å². The van der Waals surface area contributed by atoms with Gasteiger partial charge in [-0.05, 0) is 48.2 Å². The van der Waals surface area contributed by atoms with Crippen molar-refractivity contribution in [2.75, 3.05) is 6.54 Å². The third-order valence-electron chi connectivity index (χ3n) is 5.67. The van der Waals surface area contributed by atoms with E-state index in [1.165, 1.54) is 16.1 Å². The summed E-state index contributed by atoms with van der Waals surface area (Å²) in [6.07, 6.45) is 2.72. The van der Waals surface area contributed by atoms with Crippen molar-refractivity contribution >= 4 is 17.3 Å². The van der Waals surface area contributed by atoms with Gasteiger partial charge in [0.25, 0.3) is 0 Å². The predicted molar refractivity (Wildman–Crippen MR) is 141 cm³/mol. The maximum atomic E-state index is 10.7. The molecule has 2 N–H and O–H groups in total. The molecule has 35 heavy (non-hydrogen) atoms. The number of aryl methyl sites for hydroxylation is 2. The lowest BCUT2D eigenvalue weighted by molar-refractivity contribution is -0.136. The summed E-state index contributed by atoms with van der Waals surface area (Å²) in [5, 5.41) is 15.6. The molecule has 0 unspecified atom stereocenters. The van der Waals surface area contributed by atoms with Crippen molar-refractivity contribution in [1.29, 1.82) is 0 Å². The number of nitrogens with one attached hydrogen (secondary N) is 1. The Hall–Kier alpha value is -3.48. The van der Waals surface area contributed by atoms with Crippen LogP contribution in [0.3, 0.4) is 0 Å². The summed E-state index contributed by atoms with van der Waals surface area (Å²) in [5.41, 5.74) is 5.60. The average Bonchev–Trinajstić information content (AvgIpc) is 3.37. The summed E-state index contributed by atoms with van der Waals surface area (Å²) >= 11 is 1.73. The predicted octanol–water partition coefficient (Wildman–Crippen LogP) is 6.13. The zero-order valence-electron chi connectivity index (χ0n) is 19.7. The van der Waals surface area contributed by atoms with Crippen molar-refractivity contribution in [2.24, 2.45) is 0 Å². The number of nitrogens with zero attached hydrogens (tertiary/aromatic N) is 1. The molecule has 0 radical (unpaired) electrons. The highest BCUT2D eigenvalue weighted by Gasteiger charge is 2.04. The van der Waals surface area contributed by atoms with Crippen LogP contribution in [0.2, 0.25) is 0 Å². The Labute approximate surface area is 210 Å². The Bertz CT molecular complexity index is 1190. The third kappa shape index (κ3) is 8.05. The van der Waals surface area contributed by atoms with Gasteiger partial charge < -0.3 is 15.2 Å². The topological polar surface area (TPSA) is 71.5 Å². The van der Waals surface area contributed by atoms with Crippen LogP contribution in [-0.2, 0) is 30.8 Å². The first-order valence-electron chi connectivity index (χ1n) is 11.9. The van der Waals surface area contributed by atoms with Gasteiger partial charge in [-0.2, -0.15) is 0 Å². The van der Waals surface area contributed by atoms with E-state index in [1.54, 1.807) is 11.3 Å². The number of aliphatic carboxylic acids is 1. The Kier molecular flexibility index (Phi) is 9.04. The molecule has 180 valence electrons. The Morgan fingerprint density at radius 3 is 2.34 bits per heavy atom. The standard InChI is InChI=1S/C29H30N2O3S/c32-29(33)17-14-22-12-15-26(16-13-22)34-20-24-10-8-23(9-11-24)19-30-18-4-7-28-31-27(21-35-28)25-5-2-1-3-6-25/h1-3,5-6,8-13,15-16,21,30H,4,7,14,17-20H2,(H,32,33). The van der Waals surface area contributed by atoms with Gasteiger partial charge in [0, 0.05) is 30.3 Å². The number of hydrogen-bond donors (Lipinski definition) is 2. The quantitative estimate of drug-likeness (QED) is 0.223. The summed E-state index contributed by atoms with van der Waals surface area (Å²) in [7, 11) is 0. The third-order valence-corrected chi connectivity index (χ3v) is 6.58. The first kappa shape index (κ1) is 24.6. The van der Waals surface area contributed by atoms with Gasteiger partial charge >= 0.3 is 5.97 Å². The maximum absolute atomic E-state index is 10.7. The van der Waals surface area contributed by atoms with Gasteiger partial charge in [0.1, 0.15) is 12.4 Å². The van der Waals surface area contributed by atoms with E-state index in [-0.39, 0.29) is 6.42 Å². The van der Waals surface area contributed by atoms with E-state index in [0.29, 0.717) is 13.0 Å². The van der Waals surface area contributed by atoms with Crippen LogP contribution in [0.4, 0.5) is 0 Å². The molecule has 0 saturated carbocycles. The first-order valence-corrected chi connectivity index (χ1v) is 12.8. The van der Waals surface area contributed by atoms with E-state index in [4.69, 9.17) is 14.8 Å². The largest absolute Gasteiger partial charge is 0.489 e. The van der Waals surface area contributed by atoms with Gasteiger partial charge in [0.05, 0.1) is 10.7 Å². The molecule has 0 saturated heterocycles. The SMILES string of the molecule is O=C(O)CCc1ccc(OCc2ccc(CNCCCc3nc(-c4ccccc4)cs3)cc2)cc1. The molecule has 0 aliphatic heterocycles. The van der Waals surface area contributed by atoms with Crippen LogP contribution in [0.25, 0.3) is 11.3 Å². The van der Waals surface area contributed by atoms with Crippen molar-refractivity contribution in [3.8, 4) is 17.0 Å². The maximum Gasteiger partial charge on any atom is 0.303 e. The fourth-order valence-corrected chi connectivity index (χ4v) is 4.54. The number of carboxylic acid groups (broad SMARTS) is 1. The van der Waals surface area contributed by atoms with E-state index < -0.39 is 5.97 Å². The smallest absolute Gasteiger partial charge is 0.303 e. The zero-order valence-corrected chi connectivity index (χ0v) is 20.5. The van der Waals surface area contributed by atoms with Crippen LogP contribution >= 0.6 is 11.3 Å². The molecule has 0 amide bonds. The number of aromatic nitrogens is 1. The Balaban J connectivity index is 1.13. The van der Waals surface area contributed by atoms with Crippen LogP contribution in [0.5, 0.6) is 5.75 Å². The summed E-state index contributed by atoms with van der Waals surface area (Å²) in [5.74, 6) is 0.00298. The number of rotatable bonds is 13. The molecule has 0 bridgehead atoms. The Morgan fingerprint density at radius 2 is 1.60 bits per heavy atom. The summed E-state index contributed by atoms with van der Waals surface area (Å²) < 4.78 is 5.86. The van der Waals surface area contributed by atoms with Gasteiger partial charge in [0.15, 0.2) is 0 Å². The molecule has 0 aliphatic carbocycles. The molecule has 1 heterocycles. The summed E-state index contributed by atoms with van der Waals surface area (Å²) in [6, 6.07) is 26.4. The second-order valence-electron chi connectivity index (χ2n) is 8.42. The molecular formula is C29H30N2O3S. The number of hydrogen-bond acceptors (Lipinski definition) is 5. The molecule has 0 spiro atoms. The minimum Gasteiger partial charge on any atom is -0.489 e. The lowest BCUT2D eigenvalue weighted by atomic mass is 10.1. The minimum absolute atomic E-state index is 0.142. The average molecular weight is 487 g/mol. The van der Waals surface area contributed by atoms with Crippen LogP contribution in [0, 0.1) is 0 Å². The van der Waals surface area contributed by atoms with Crippen molar-refractivity contribution in [2.45, 2.75) is 38.8 Å². The monoisotopic (exact) mass is 486 g/mol. The number of carboxylic acids is 1. The van der Waals surface area contributed by atoms with Gasteiger partial charge in [-0.3, -0.25) is 4.79 Å². The van der Waals surface area contributed by atoms with Crippen LogP contribution in [0.15, 0.2) is 84.2 Å². The number of ether oxygens (including phenoxy) is 1. The molecule has 0 aliphatic rings. The van der Waals surface area contributed by atoms with Crippen molar-refractivity contribution < 1.29 is 14.6 Å². The molecule has 3 aromatic carbocycles. The normalized spacial score (nSPS) is 10.9. The lowest BCUT2D eigenvalue weighted by Gasteiger charge is -2.09. The number of carbonyl (C=O) groups is 1. The fraction of sp³-hybridized carbons (Fsp3) is 0.241. The molecule has 4 rings (SSSR count). The van der Waals surface area contributed by atoms with E-state index >= 15 is 0 Å². The number of thiazole rings is 1. The van der Waals surface area contributed by atoms with Gasteiger partial charge in [-0.15, -0.1) is 11.3 Å². The van der Waals surface area contributed by atoms with E-state index in [1.807, 2.05) is 42.5 Å². The Morgan fingerprint density at radius 1 is 0.886 bits per heavy atom. The highest BCUT2D eigenvalue weighted by atomic mass is 32.1. The van der Waals surface area contributed by atoms with Crippen LogP contribution in [-0.4, -0.2) is 22.6 Å². The van der Waals surface area contributed by atoms with Crippen molar-refractivity contribution in [3.05, 3.63) is 106 Å². The molecule has 1 aromatic heterocycles. The van der Waals surface area contributed by atoms with Gasteiger partial charge in [-0.25, -0.2) is 4.98 Å². The number of benzene rings is 3. The molecule has 6 heteroatoms. The van der Waals surface area contributed by atoms with Gasteiger partial charge in [0.2, 0.25) is 0 Å². The van der Waals surface area contributed by atoms with E-state index in [2.05, 4.69) is 47.1 Å². The molecule has 4 aromatic rings. The highest BCUT2D eigenvalue weighted by Crippen LogP contribution is 2.22. The highest BCUT2D eigenvalue weighted by molar-refractivity contribution is 7.09. The van der Waals surface area contributed by atoms with Crippen molar-refractivity contribution in [3.63, 3.8) is 0 Å². The molecule has 5 nitrogen and oxygen atoms in total. The summed E-state index contributed by atoms with van der Waals surface area (Å²) in [4.78, 5) is 15.4. The van der Waals surface area contributed by atoms with E-state index in [9.17, 15) is 4.79 Å². The second-order valence-corrected chi connectivity index (χ2v) is 9.36. The van der Waals surface area contributed by atoms with E-state index in [0.717, 1.165) is 48.5 Å². The molecule has 0 fully saturated rings. The van der Waals surface area contributed by atoms with Crippen LogP contribution in [0.1, 0.15) is 34.5 Å². The lowest BCUT2D eigenvalue weighted by Crippen LogP contribution is -2.15. The van der Waals surface area contributed by atoms with Crippen LogP contribution < -0.4 is 10.1 Å². The second kappa shape index (κ2) is 12.8. The molecular weight excluding hydrogens is 456 g/mol. The first-order chi connectivity index (χ1) is 17.2. The summed E-state index contributed by atoms with van der Waals surface area (Å²) in [6.45, 7) is 2.29. The van der Waals surface area contributed by atoms with Crippen molar-refractivity contribution in [1.82, 2.24) is 10.3 Å². The molecule has 0 atom stereocenters. The zero-order chi connectivity index (χ0) is 24.3. The fourth-order valence-electron chi connectivity index (χ4n) is 3.69. The minimum atomic E-state index is -0.780.